The number of rotatable bonds is 5. The number of methoxy groups -OCH3 is 2. The number of nitrogens with one attached hydrogen (secondary N) is 1. The van der Waals surface area contributed by atoms with E-state index < -0.39 is 0 Å². The van der Waals surface area contributed by atoms with Gasteiger partial charge in [0.2, 0.25) is 0 Å². The number of likely N-dealkylation sites (tertiary alicyclic amines) is 1. The summed E-state index contributed by atoms with van der Waals surface area (Å²) in [4.78, 5) is 2.53. The van der Waals surface area contributed by atoms with E-state index in [2.05, 4.69) is 44.0 Å². The topological polar surface area (TPSA) is 64.4 Å². The van der Waals surface area contributed by atoms with Gasteiger partial charge < -0.3 is 19.4 Å². The van der Waals surface area contributed by atoms with Gasteiger partial charge in [-0.1, -0.05) is 0 Å². The van der Waals surface area contributed by atoms with Crippen LogP contribution in [0.5, 0.6) is 11.5 Å². The van der Waals surface area contributed by atoms with Crippen LogP contribution in [-0.4, -0.2) is 53.5 Å². The first-order valence-electron chi connectivity index (χ1n) is 9.76. The van der Waals surface area contributed by atoms with Crippen molar-refractivity contribution in [1.29, 1.82) is 0 Å². The molecule has 0 aliphatic carbocycles. The van der Waals surface area contributed by atoms with Crippen molar-refractivity contribution >= 4 is 0 Å². The van der Waals surface area contributed by atoms with E-state index in [4.69, 9.17) is 9.47 Å². The minimum atomic E-state index is 0.520. The van der Waals surface area contributed by atoms with Gasteiger partial charge in [0.25, 0.3) is 0 Å². The zero-order valence-electron chi connectivity index (χ0n) is 16.5. The van der Waals surface area contributed by atoms with Crippen molar-refractivity contribution in [3.8, 4) is 11.5 Å². The highest BCUT2D eigenvalue weighted by Gasteiger charge is 2.27. The molecule has 1 fully saturated rings. The van der Waals surface area contributed by atoms with Crippen LogP contribution < -0.4 is 14.8 Å². The second kappa shape index (κ2) is 7.86. The molecule has 1 N–H and O–H groups in total. The molecule has 4 rings (SSSR count). The van der Waals surface area contributed by atoms with Crippen molar-refractivity contribution in [1.82, 2.24) is 25.0 Å². The van der Waals surface area contributed by atoms with Crippen molar-refractivity contribution in [3.63, 3.8) is 0 Å². The van der Waals surface area contributed by atoms with E-state index in [1.165, 1.54) is 17.0 Å². The Labute approximate surface area is 160 Å². The standard InChI is InChI=1S/C20H29N5O2/c1-14-10-17(26-2)18(27-3)11-16(14)13-24-7-4-15(5-8-24)20-23-22-19-12-21-6-9-25(19)20/h10-11,15,21H,4-9,12-13H2,1-3H3. The Balaban J connectivity index is 1.41. The average molecular weight is 371 g/mol. The summed E-state index contributed by atoms with van der Waals surface area (Å²) in [5, 5.41) is 12.3. The second-order valence-corrected chi connectivity index (χ2v) is 7.49. The minimum absolute atomic E-state index is 0.520. The van der Waals surface area contributed by atoms with Crippen LogP contribution in [-0.2, 0) is 19.6 Å². The van der Waals surface area contributed by atoms with E-state index in [0.29, 0.717) is 5.92 Å². The summed E-state index contributed by atoms with van der Waals surface area (Å²) in [7, 11) is 3.37. The first-order valence-corrected chi connectivity index (χ1v) is 9.76. The number of hydrogen-bond acceptors (Lipinski definition) is 6. The quantitative estimate of drug-likeness (QED) is 0.868. The molecular weight excluding hydrogens is 342 g/mol. The summed E-state index contributed by atoms with van der Waals surface area (Å²) in [5.74, 6) is 4.39. The molecule has 27 heavy (non-hydrogen) atoms. The summed E-state index contributed by atoms with van der Waals surface area (Å²) in [6, 6.07) is 4.18. The van der Waals surface area contributed by atoms with Gasteiger partial charge in [0, 0.05) is 25.6 Å². The summed E-state index contributed by atoms with van der Waals surface area (Å²) < 4.78 is 13.2. The third kappa shape index (κ3) is 3.66. The molecule has 1 saturated heterocycles. The Hall–Kier alpha value is -2.12. The first-order chi connectivity index (χ1) is 13.2. The van der Waals surface area contributed by atoms with Gasteiger partial charge in [-0.2, -0.15) is 0 Å². The van der Waals surface area contributed by atoms with Crippen LogP contribution in [0.1, 0.15) is 41.5 Å². The Morgan fingerprint density at radius 3 is 2.56 bits per heavy atom. The predicted molar refractivity (Wildman–Crippen MR) is 103 cm³/mol. The van der Waals surface area contributed by atoms with E-state index in [1.54, 1.807) is 14.2 Å². The Morgan fingerprint density at radius 2 is 1.81 bits per heavy atom. The number of nitrogens with zero attached hydrogens (tertiary/aromatic N) is 4. The van der Waals surface area contributed by atoms with Gasteiger partial charge in [0.05, 0.1) is 20.8 Å². The Kier molecular flexibility index (Phi) is 5.31. The lowest BCUT2D eigenvalue weighted by Gasteiger charge is -2.32. The van der Waals surface area contributed by atoms with E-state index in [-0.39, 0.29) is 0 Å². The minimum Gasteiger partial charge on any atom is -0.493 e. The highest BCUT2D eigenvalue weighted by atomic mass is 16.5. The highest BCUT2D eigenvalue weighted by Crippen LogP contribution is 2.32. The molecule has 2 aliphatic rings. The van der Waals surface area contributed by atoms with Crippen molar-refractivity contribution in [2.75, 3.05) is 33.9 Å². The average Bonchev–Trinajstić information content (AvgIpc) is 3.14. The summed E-state index contributed by atoms with van der Waals surface area (Å²) >= 11 is 0. The van der Waals surface area contributed by atoms with E-state index >= 15 is 0 Å². The van der Waals surface area contributed by atoms with Crippen LogP contribution in [0.4, 0.5) is 0 Å². The van der Waals surface area contributed by atoms with E-state index in [1.807, 2.05) is 0 Å². The van der Waals surface area contributed by atoms with E-state index in [9.17, 15) is 0 Å². The van der Waals surface area contributed by atoms with E-state index in [0.717, 1.165) is 69.4 Å². The van der Waals surface area contributed by atoms with Crippen LogP contribution in [0, 0.1) is 6.92 Å². The fourth-order valence-electron chi connectivity index (χ4n) is 4.20. The van der Waals surface area contributed by atoms with Crippen LogP contribution in [0.25, 0.3) is 0 Å². The molecule has 0 bridgehead atoms. The third-order valence-electron chi connectivity index (χ3n) is 5.84. The van der Waals surface area contributed by atoms with Crippen LogP contribution >= 0.6 is 0 Å². The number of piperidine rings is 1. The molecule has 0 amide bonds. The lowest BCUT2D eigenvalue weighted by Crippen LogP contribution is -2.35. The maximum absolute atomic E-state index is 5.47. The lowest BCUT2D eigenvalue weighted by atomic mass is 9.95. The highest BCUT2D eigenvalue weighted by molar-refractivity contribution is 5.47. The Bertz CT molecular complexity index is 796. The number of fused-ring (bicyclic) bond motifs is 1. The van der Waals surface area contributed by atoms with Crippen molar-refractivity contribution < 1.29 is 9.47 Å². The maximum Gasteiger partial charge on any atom is 0.161 e. The normalized spacial score (nSPS) is 18.3. The maximum atomic E-state index is 5.47. The Morgan fingerprint density at radius 1 is 1.07 bits per heavy atom. The zero-order valence-corrected chi connectivity index (χ0v) is 16.5. The molecule has 0 radical (unpaired) electrons. The molecule has 0 atom stereocenters. The fourth-order valence-corrected chi connectivity index (χ4v) is 4.20. The summed E-state index contributed by atoms with van der Waals surface area (Å²) in [5.41, 5.74) is 2.55. The monoisotopic (exact) mass is 371 g/mol. The smallest absolute Gasteiger partial charge is 0.161 e. The molecule has 146 valence electrons. The van der Waals surface area contributed by atoms with Gasteiger partial charge >= 0.3 is 0 Å². The van der Waals surface area contributed by atoms with Gasteiger partial charge in [0.15, 0.2) is 11.5 Å². The SMILES string of the molecule is COc1cc(C)c(CN2CCC(c3nnc4n3CCNC4)CC2)cc1OC. The lowest BCUT2D eigenvalue weighted by molar-refractivity contribution is 0.199. The second-order valence-electron chi connectivity index (χ2n) is 7.49. The zero-order chi connectivity index (χ0) is 18.8. The molecule has 1 aromatic heterocycles. The molecule has 2 aromatic rings. The van der Waals surface area contributed by atoms with Crippen LogP contribution in [0.15, 0.2) is 12.1 Å². The molecule has 1 aromatic carbocycles. The molecule has 7 heteroatoms. The molecule has 0 spiro atoms. The molecule has 0 unspecified atom stereocenters. The van der Waals surface area contributed by atoms with Gasteiger partial charge in [-0.05, 0) is 56.1 Å². The first kappa shape index (κ1) is 18.3. The molecule has 7 nitrogen and oxygen atoms in total. The third-order valence-corrected chi connectivity index (χ3v) is 5.84. The summed E-state index contributed by atoms with van der Waals surface area (Å²) in [6.45, 7) is 8.09. The van der Waals surface area contributed by atoms with Gasteiger partial charge in [-0.3, -0.25) is 4.90 Å². The number of aryl methyl sites for hydroxylation is 1. The largest absolute Gasteiger partial charge is 0.493 e. The van der Waals surface area contributed by atoms with Crippen LogP contribution in [0.2, 0.25) is 0 Å². The number of benzene rings is 1. The van der Waals surface area contributed by atoms with Crippen molar-refractivity contribution in [3.05, 3.63) is 34.9 Å². The summed E-state index contributed by atoms with van der Waals surface area (Å²) in [6.07, 6.45) is 2.27. The number of hydrogen-bond donors (Lipinski definition) is 1. The molecule has 3 heterocycles. The number of aromatic nitrogens is 3. The van der Waals surface area contributed by atoms with Crippen molar-refractivity contribution in [2.24, 2.45) is 0 Å². The number of ether oxygens (including phenoxy) is 2. The van der Waals surface area contributed by atoms with Crippen LogP contribution in [0.3, 0.4) is 0 Å². The predicted octanol–water partition coefficient (Wildman–Crippen LogP) is 2.09. The van der Waals surface area contributed by atoms with Gasteiger partial charge in [-0.15, -0.1) is 10.2 Å². The van der Waals surface area contributed by atoms with Crippen molar-refractivity contribution in [2.45, 2.75) is 45.3 Å². The fraction of sp³-hybridized carbons (Fsp3) is 0.600. The van der Waals surface area contributed by atoms with Gasteiger partial charge in [0.1, 0.15) is 11.6 Å². The van der Waals surface area contributed by atoms with Gasteiger partial charge in [-0.25, -0.2) is 0 Å². The molecular formula is C20H29N5O2. The molecule has 0 saturated carbocycles. The molecule has 2 aliphatic heterocycles.